The van der Waals surface area contributed by atoms with Crippen LogP contribution in [0.3, 0.4) is 0 Å². The molecule has 2 fully saturated rings. The van der Waals surface area contributed by atoms with Gasteiger partial charge in [-0.1, -0.05) is 23.7 Å². The summed E-state index contributed by atoms with van der Waals surface area (Å²) in [5, 5.41) is 8.41. The van der Waals surface area contributed by atoms with Gasteiger partial charge < -0.3 is 14.8 Å². The van der Waals surface area contributed by atoms with Crippen molar-refractivity contribution in [2.45, 2.75) is 45.2 Å². The molecular formula is C22H26N4O2. The fourth-order valence-electron chi connectivity index (χ4n) is 4.25. The number of hydrogen-bond donors (Lipinski definition) is 2. The van der Waals surface area contributed by atoms with Crippen molar-refractivity contribution in [1.29, 1.82) is 0 Å². The van der Waals surface area contributed by atoms with Gasteiger partial charge in [0.1, 0.15) is 5.76 Å². The summed E-state index contributed by atoms with van der Waals surface area (Å²) >= 11 is 0. The third-order valence-electron chi connectivity index (χ3n) is 6.06. The first-order valence-corrected chi connectivity index (χ1v) is 10.1. The lowest BCUT2D eigenvalue weighted by Gasteiger charge is -2.16. The Morgan fingerprint density at radius 3 is 3.00 bits per heavy atom. The molecule has 1 aliphatic carbocycles. The minimum Gasteiger partial charge on any atom is -0.361 e. The highest BCUT2D eigenvalue weighted by molar-refractivity contribution is 5.92. The number of carbonyl (C=O) groups excluding carboxylic acids is 1. The summed E-state index contributed by atoms with van der Waals surface area (Å²) < 4.78 is 5.32. The second kappa shape index (κ2) is 6.78. The van der Waals surface area contributed by atoms with Crippen LogP contribution in [-0.2, 0) is 6.54 Å². The van der Waals surface area contributed by atoms with Gasteiger partial charge >= 0.3 is 0 Å². The predicted octanol–water partition coefficient (Wildman–Crippen LogP) is 3.59. The second-order valence-electron chi connectivity index (χ2n) is 8.50. The van der Waals surface area contributed by atoms with E-state index in [1.807, 2.05) is 0 Å². The van der Waals surface area contributed by atoms with E-state index in [1.165, 1.54) is 22.0 Å². The average Bonchev–Trinajstić information content (AvgIpc) is 3.11. The largest absolute Gasteiger partial charge is 0.361 e. The van der Waals surface area contributed by atoms with Gasteiger partial charge in [0.2, 0.25) is 0 Å². The highest BCUT2D eigenvalue weighted by atomic mass is 16.5. The van der Waals surface area contributed by atoms with Crippen molar-refractivity contribution in [2.24, 2.45) is 5.92 Å². The Labute approximate surface area is 164 Å². The smallest absolute Gasteiger partial charge is 0.273 e. The van der Waals surface area contributed by atoms with E-state index in [0.29, 0.717) is 17.5 Å². The topological polar surface area (TPSA) is 74.2 Å². The molecule has 1 saturated carbocycles. The van der Waals surface area contributed by atoms with Crippen molar-refractivity contribution >= 4 is 16.8 Å². The molecule has 6 nitrogen and oxygen atoms in total. The number of likely N-dealkylation sites (tertiary alicyclic amines) is 1. The Morgan fingerprint density at radius 1 is 1.32 bits per heavy atom. The number of aryl methyl sites for hydroxylation is 1. The molecule has 0 bridgehead atoms. The van der Waals surface area contributed by atoms with Crippen molar-refractivity contribution in [3.8, 4) is 0 Å². The normalized spacial score (nSPS) is 22.8. The monoisotopic (exact) mass is 378 g/mol. The lowest BCUT2D eigenvalue weighted by molar-refractivity contribution is 0.0922. The molecule has 5 rings (SSSR count). The molecule has 0 unspecified atom stereocenters. The van der Waals surface area contributed by atoms with E-state index in [9.17, 15) is 4.79 Å². The number of carbonyl (C=O) groups is 1. The van der Waals surface area contributed by atoms with Crippen LogP contribution in [0, 0.1) is 12.8 Å². The molecule has 3 heterocycles. The first-order chi connectivity index (χ1) is 13.6. The van der Waals surface area contributed by atoms with Crippen molar-refractivity contribution < 1.29 is 9.32 Å². The maximum absolute atomic E-state index is 12.6. The number of benzene rings is 1. The summed E-state index contributed by atoms with van der Waals surface area (Å²) in [7, 11) is 0. The minimum atomic E-state index is -0.128. The molecule has 2 atom stereocenters. The van der Waals surface area contributed by atoms with E-state index in [2.05, 4.69) is 58.6 Å². The number of aromatic nitrogens is 2. The summed E-state index contributed by atoms with van der Waals surface area (Å²) in [5.41, 5.74) is 4.16. The third-order valence-corrected chi connectivity index (χ3v) is 6.06. The van der Waals surface area contributed by atoms with Gasteiger partial charge in [0.15, 0.2) is 5.69 Å². The number of nitrogens with zero attached hydrogens (tertiary/aromatic N) is 2. The zero-order chi connectivity index (χ0) is 19.3. The molecule has 28 heavy (non-hydrogen) atoms. The number of rotatable bonds is 5. The number of H-pyrrole nitrogens is 1. The summed E-state index contributed by atoms with van der Waals surface area (Å²) in [6.07, 6.45) is 4.38. The highest BCUT2D eigenvalue weighted by Gasteiger charge is 2.33. The number of amides is 1. The van der Waals surface area contributed by atoms with Crippen LogP contribution >= 0.6 is 0 Å². The summed E-state index contributed by atoms with van der Waals surface area (Å²) in [6, 6.07) is 8.43. The van der Waals surface area contributed by atoms with E-state index in [1.54, 1.807) is 6.07 Å². The molecule has 1 amide bonds. The Hall–Kier alpha value is -2.60. The van der Waals surface area contributed by atoms with Crippen molar-refractivity contribution in [3.63, 3.8) is 0 Å². The van der Waals surface area contributed by atoms with Gasteiger partial charge in [0.05, 0.1) is 0 Å². The van der Waals surface area contributed by atoms with Gasteiger partial charge in [-0.15, -0.1) is 0 Å². The quantitative estimate of drug-likeness (QED) is 0.711. The van der Waals surface area contributed by atoms with Crippen molar-refractivity contribution in [3.05, 3.63) is 53.0 Å². The second-order valence-corrected chi connectivity index (χ2v) is 8.50. The first-order valence-electron chi connectivity index (χ1n) is 10.1. The Bertz CT molecular complexity index is 1020. The van der Waals surface area contributed by atoms with Gasteiger partial charge in [-0.05, 0) is 43.4 Å². The number of nitrogens with one attached hydrogen (secondary N) is 2. The van der Waals surface area contributed by atoms with Crippen LogP contribution < -0.4 is 5.32 Å². The van der Waals surface area contributed by atoms with Gasteiger partial charge in [-0.2, -0.15) is 0 Å². The van der Waals surface area contributed by atoms with Gasteiger partial charge in [-0.25, -0.2) is 0 Å². The lowest BCUT2D eigenvalue weighted by atomic mass is 10.1. The van der Waals surface area contributed by atoms with Crippen LogP contribution in [0.4, 0.5) is 0 Å². The first kappa shape index (κ1) is 17.5. The molecular weight excluding hydrogens is 352 g/mol. The van der Waals surface area contributed by atoms with E-state index in [-0.39, 0.29) is 11.9 Å². The summed E-state index contributed by atoms with van der Waals surface area (Å²) in [4.78, 5) is 18.4. The zero-order valence-electron chi connectivity index (χ0n) is 16.4. The van der Waals surface area contributed by atoms with Gasteiger partial charge in [0, 0.05) is 54.8 Å². The Morgan fingerprint density at radius 2 is 2.18 bits per heavy atom. The van der Waals surface area contributed by atoms with E-state index in [0.717, 1.165) is 38.2 Å². The Kier molecular flexibility index (Phi) is 4.23. The molecule has 2 aromatic heterocycles. The SMILES string of the molecule is Cc1ccc2[nH]cc(CN3C[C@@H](C)[C@@H](NC(=O)c4cc(C5CC5)on4)C3)c2c1. The number of aromatic amines is 1. The average molecular weight is 378 g/mol. The molecule has 2 aliphatic rings. The van der Waals surface area contributed by atoms with Crippen molar-refractivity contribution in [2.75, 3.05) is 13.1 Å². The molecule has 1 saturated heterocycles. The van der Waals surface area contributed by atoms with Crippen LogP contribution in [0.5, 0.6) is 0 Å². The van der Waals surface area contributed by atoms with Gasteiger partial charge in [0.25, 0.3) is 5.91 Å². The van der Waals surface area contributed by atoms with Crippen LogP contribution in [0.1, 0.15) is 53.1 Å². The van der Waals surface area contributed by atoms with Crippen molar-refractivity contribution in [1.82, 2.24) is 20.4 Å². The molecule has 3 aromatic rings. The standard InChI is InChI=1S/C22H26N4O2/c1-13-3-6-18-17(7-13)16(9-23-18)11-26-10-14(2)20(12-26)24-22(27)19-8-21(28-25-19)15-4-5-15/h3,6-9,14-15,20,23H,4-5,10-12H2,1-2H3,(H,24,27)/t14-,20+/m1/s1. The molecule has 6 heteroatoms. The maximum Gasteiger partial charge on any atom is 0.273 e. The Balaban J connectivity index is 1.24. The minimum absolute atomic E-state index is 0.125. The highest BCUT2D eigenvalue weighted by Crippen LogP contribution is 2.40. The predicted molar refractivity (Wildman–Crippen MR) is 107 cm³/mol. The molecule has 0 radical (unpaired) electrons. The summed E-state index contributed by atoms with van der Waals surface area (Å²) in [5.74, 6) is 1.58. The van der Waals surface area contributed by atoms with Crippen LogP contribution in [0.15, 0.2) is 35.0 Å². The molecule has 146 valence electrons. The van der Waals surface area contributed by atoms with Gasteiger partial charge in [-0.3, -0.25) is 9.69 Å². The number of fused-ring (bicyclic) bond motifs is 1. The van der Waals surface area contributed by atoms with E-state index in [4.69, 9.17) is 4.52 Å². The van der Waals surface area contributed by atoms with E-state index < -0.39 is 0 Å². The molecule has 0 spiro atoms. The fraction of sp³-hybridized carbons (Fsp3) is 0.455. The maximum atomic E-state index is 12.6. The van der Waals surface area contributed by atoms with Crippen LogP contribution in [-0.4, -0.2) is 40.1 Å². The summed E-state index contributed by atoms with van der Waals surface area (Å²) in [6.45, 7) is 7.02. The molecule has 1 aliphatic heterocycles. The number of hydrogen-bond acceptors (Lipinski definition) is 4. The van der Waals surface area contributed by atoms with E-state index >= 15 is 0 Å². The van der Waals surface area contributed by atoms with Crippen LogP contribution in [0.2, 0.25) is 0 Å². The fourth-order valence-corrected chi connectivity index (χ4v) is 4.25. The molecule has 2 N–H and O–H groups in total. The third kappa shape index (κ3) is 3.33. The zero-order valence-corrected chi connectivity index (χ0v) is 16.4. The molecule has 1 aromatic carbocycles. The van der Waals surface area contributed by atoms with Crippen LogP contribution in [0.25, 0.3) is 10.9 Å². The lowest BCUT2D eigenvalue weighted by Crippen LogP contribution is -2.39.